The summed E-state index contributed by atoms with van der Waals surface area (Å²) in [7, 11) is -4.06. The molecular weight excluding hydrogens is 554 g/mol. The topological polar surface area (TPSA) is 78.9 Å². The van der Waals surface area contributed by atoms with Crippen molar-refractivity contribution in [3.8, 4) is 17.2 Å². The molecule has 6 nitrogen and oxygen atoms in total. The standard InChI is InChI=1S/C26H18F6O6S/c1-16(2)22(33)36-17-8-10-18(11-9-17)37-25(31)23(27,28)24(29,30)26(25,32)38-19-12-14-21(15-13-19)39(34,35)20-6-4-3-5-7-20/h3-15H,1H2,2H3. The van der Waals surface area contributed by atoms with E-state index >= 15 is 8.78 Å². The van der Waals surface area contributed by atoms with E-state index in [4.69, 9.17) is 4.74 Å². The summed E-state index contributed by atoms with van der Waals surface area (Å²) < 4.78 is 127. The van der Waals surface area contributed by atoms with Crippen molar-refractivity contribution >= 4 is 15.8 Å². The van der Waals surface area contributed by atoms with Crippen molar-refractivity contribution in [1.29, 1.82) is 0 Å². The van der Waals surface area contributed by atoms with Crippen LogP contribution in [0.4, 0.5) is 26.3 Å². The molecule has 2 atom stereocenters. The van der Waals surface area contributed by atoms with Gasteiger partial charge in [0, 0.05) is 5.57 Å². The predicted molar refractivity (Wildman–Crippen MR) is 124 cm³/mol. The molecule has 0 radical (unpaired) electrons. The van der Waals surface area contributed by atoms with Crippen LogP contribution in [0.25, 0.3) is 0 Å². The highest BCUT2D eigenvalue weighted by molar-refractivity contribution is 7.91. The Bertz CT molecular complexity index is 1510. The number of esters is 1. The minimum atomic E-state index is -5.69. The fourth-order valence-corrected chi connectivity index (χ4v) is 4.80. The number of halogens is 6. The second-order valence-electron chi connectivity index (χ2n) is 8.47. The first-order valence-electron chi connectivity index (χ1n) is 11.0. The molecule has 0 aliphatic heterocycles. The highest BCUT2D eigenvalue weighted by Gasteiger charge is 3.03. The van der Waals surface area contributed by atoms with Gasteiger partial charge in [-0.25, -0.2) is 13.2 Å². The molecule has 0 spiro atoms. The molecule has 0 amide bonds. The van der Waals surface area contributed by atoms with Crippen LogP contribution in [-0.4, -0.2) is 37.9 Å². The van der Waals surface area contributed by atoms with Crippen molar-refractivity contribution in [3.63, 3.8) is 0 Å². The van der Waals surface area contributed by atoms with Gasteiger partial charge in [0.2, 0.25) is 9.84 Å². The van der Waals surface area contributed by atoms with Gasteiger partial charge in [0.25, 0.3) is 0 Å². The minimum Gasteiger partial charge on any atom is -0.447 e. The Morgan fingerprint density at radius 2 is 1.05 bits per heavy atom. The third-order valence-electron chi connectivity index (χ3n) is 5.70. The largest absolute Gasteiger partial charge is 0.447 e. The summed E-state index contributed by atoms with van der Waals surface area (Å²) in [5, 5.41) is 0. The van der Waals surface area contributed by atoms with Crippen molar-refractivity contribution < 1.29 is 53.8 Å². The molecule has 1 fully saturated rings. The minimum absolute atomic E-state index is 0.0273. The van der Waals surface area contributed by atoms with Crippen LogP contribution in [-0.2, 0) is 14.6 Å². The van der Waals surface area contributed by atoms with E-state index in [1.807, 2.05) is 0 Å². The van der Waals surface area contributed by atoms with Crippen molar-refractivity contribution in [3.05, 3.63) is 91.0 Å². The number of ether oxygens (including phenoxy) is 3. The van der Waals surface area contributed by atoms with Gasteiger partial charge in [-0.1, -0.05) is 24.8 Å². The van der Waals surface area contributed by atoms with E-state index in [0.29, 0.717) is 12.1 Å². The highest BCUT2D eigenvalue weighted by Crippen LogP contribution is 2.68. The predicted octanol–water partition coefficient (Wildman–Crippen LogP) is 6.07. The first-order chi connectivity index (χ1) is 18.1. The fraction of sp³-hybridized carbons (Fsp3) is 0.192. The van der Waals surface area contributed by atoms with Gasteiger partial charge >= 0.3 is 29.5 Å². The average molecular weight is 572 g/mol. The Morgan fingerprint density at radius 3 is 1.49 bits per heavy atom. The van der Waals surface area contributed by atoms with Crippen LogP contribution in [0.2, 0.25) is 0 Å². The van der Waals surface area contributed by atoms with E-state index in [1.54, 1.807) is 6.07 Å². The zero-order valence-electron chi connectivity index (χ0n) is 19.8. The van der Waals surface area contributed by atoms with Crippen LogP contribution >= 0.6 is 0 Å². The van der Waals surface area contributed by atoms with Crippen LogP contribution in [0.1, 0.15) is 6.92 Å². The lowest BCUT2D eigenvalue weighted by atomic mass is 9.76. The Hall–Kier alpha value is -4.00. The summed E-state index contributed by atoms with van der Waals surface area (Å²) in [5.74, 6) is -24.1. The number of carbonyl (C=O) groups is 1. The zero-order chi connectivity index (χ0) is 28.9. The first-order valence-corrected chi connectivity index (χ1v) is 12.4. The average Bonchev–Trinajstić information content (AvgIpc) is 2.89. The van der Waals surface area contributed by atoms with Crippen LogP contribution < -0.4 is 14.2 Å². The van der Waals surface area contributed by atoms with E-state index in [1.165, 1.54) is 31.2 Å². The molecular formula is C26H18F6O6S. The molecule has 0 N–H and O–H groups in total. The van der Waals surface area contributed by atoms with Gasteiger partial charge in [0.1, 0.15) is 17.2 Å². The van der Waals surface area contributed by atoms with E-state index in [9.17, 15) is 30.8 Å². The monoisotopic (exact) mass is 572 g/mol. The van der Waals surface area contributed by atoms with Crippen molar-refractivity contribution in [1.82, 2.24) is 0 Å². The summed E-state index contributed by atoms with van der Waals surface area (Å²) in [5.41, 5.74) is 0.0273. The Balaban J connectivity index is 1.59. The second-order valence-corrected chi connectivity index (χ2v) is 10.4. The Morgan fingerprint density at radius 1 is 0.667 bits per heavy atom. The molecule has 1 aliphatic rings. The summed E-state index contributed by atoms with van der Waals surface area (Å²) in [6.45, 7) is 4.71. The molecule has 0 bridgehead atoms. The molecule has 0 heterocycles. The maximum atomic E-state index is 15.4. The molecule has 39 heavy (non-hydrogen) atoms. The van der Waals surface area contributed by atoms with Gasteiger partial charge in [0.15, 0.2) is 0 Å². The van der Waals surface area contributed by atoms with Crippen LogP contribution in [0.5, 0.6) is 17.2 Å². The Kier molecular flexibility index (Phi) is 6.70. The smallest absolute Gasteiger partial charge is 0.395 e. The van der Waals surface area contributed by atoms with Gasteiger partial charge in [-0.15, -0.1) is 0 Å². The zero-order valence-corrected chi connectivity index (χ0v) is 20.7. The Labute approximate surface area is 218 Å². The van der Waals surface area contributed by atoms with Crippen LogP contribution in [0, 0.1) is 0 Å². The summed E-state index contributed by atoms with van der Waals surface area (Å²) in [6, 6.07) is 13.6. The summed E-state index contributed by atoms with van der Waals surface area (Å²) in [6.07, 6.45) is 0. The molecule has 206 valence electrons. The number of hydrogen-bond acceptors (Lipinski definition) is 6. The number of benzene rings is 3. The lowest BCUT2D eigenvalue weighted by molar-refractivity contribution is -0.527. The molecule has 1 saturated carbocycles. The van der Waals surface area contributed by atoms with Gasteiger partial charge in [-0.3, -0.25) is 0 Å². The van der Waals surface area contributed by atoms with E-state index in [-0.39, 0.29) is 21.1 Å². The fourth-order valence-electron chi connectivity index (χ4n) is 3.52. The highest BCUT2D eigenvalue weighted by atomic mass is 32.2. The SMILES string of the molecule is C=C(C)C(=O)Oc1ccc(OC2(F)C(F)(F)C(F)(F)C2(F)Oc2ccc(S(=O)(=O)c3ccccc3)cc2)cc1. The number of alkyl halides is 6. The van der Waals surface area contributed by atoms with Crippen molar-refractivity contribution in [2.75, 3.05) is 0 Å². The molecule has 2 unspecified atom stereocenters. The number of sulfone groups is 1. The van der Waals surface area contributed by atoms with E-state index in [2.05, 4.69) is 16.1 Å². The normalized spacial score (nSPS) is 23.3. The third kappa shape index (κ3) is 4.30. The molecule has 0 saturated heterocycles. The first kappa shape index (κ1) is 28.0. The summed E-state index contributed by atoms with van der Waals surface area (Å²) in [4.78, 5) is 11.1. The lowest BCUT2D eigenvalue weighted by Gasteiger charge is -2.55. The van der Waals surface area contributed by atoms with Gasteiger partial charge < -0.3 is 14.2 Å². The molecule has 0 aromatic heterocycles. The molecule has 3 aromatic rings. The number of rotatable bonds is 8. The molecule has 4 rings (SSSR count). The van der Waals surface area contributed by atoms with Gasteiger partial charge in [-0.2, -0.15) is 26.3 Å². The van der Waals surface area contributed by atoms with Gasteiger partial charge in [0.05, 0.1) is 9.79 Å². The van der Waals surface area contributed by atoms with Crippen molar-refractivity contribution in [2.24, 2.45) is 0 Å². The van der Waals surface area contributed by atoms with Gasteiger partial charge in [-0.05, 0) is 67.6 Å². The summed E-state index contributed by atoms with van der Waals surface area (Å²) >= 11 is 0. The molecule has 3 aromatic carbocycles. The maximum absolute atomic E-state index is 15.4. The molecule has 13 heteroatoms. The molecule has 1 aliphatic carbocycles. The van der Waals surface area contributed by atoms with E-state index < -0.39 is 50.9 Å². The number of carbonyl (C=O) groups excluding carboxylic acids is 1. The van der Waals surface area contributed by atoms with Crippen LogP contribution in [0.15, 0.2) is 101 Å². The second kappa shape index (κ2) is 9.33. The van der Waals surface area contributed by atoms with Crippen LogP contribution in [0.3, 0.4) is 0 Å². The quantitative estimate of drug-likeness (QED) is 0.141. The lowest BCUT2D eigenvalue weighted by Crippen LogP contribution is -2.89. The van der Waals surface area contributed by atoms with E-state index in [0.717, 1.165) is 36.4 Å². The third-order valence-corrected chi connectivity index (χ3v) is 7.49. The maximum Gasteiger partial charge on any atom is 0.395 e. The number of hydrogen-bond donors (Lipinski definition) is 0. The van der Waals surface area contributed by atoms with Crippen molar-refractivity contribution in [2.45, 2.75) is 40.3 Å².